The Bertz CT molecular complexity index is 1670. The number of carbonyl (C=O) groups is 4. The SMILES string of the molecule is COc1ccccc1C(O)C(=O)NC1C(=O)N2C(C(=O)O)=C(C(CCC(=O)O)Sc3ccc4n[nH]c(=O)n4n3)CS[C@@H]12. The Balaban J connectivity index is 1.39. The first kappa shape index (κ1) is 29.2. The lowest BCUT2D eigenvalue weighted by Crippen LogP contribution is -2.71. The molecule has 5 rings (SSSR count). The third-order valence-corrected chi connectivity index (χ3v) is 9.27. The topological polar surface area (TPSA) is 217 Å². The normalized spacial score (nSPS) is 19.6. The molecule has 1 aromatic carbocycles. The predicted octanol–water partition coefficient (Wildman–Crippen LogP) is 0.224. The van der Waals surface area contributed by atoms with Gasteiger partial charge in [0.15, 0.2) is 11.8 Å². The van der Waals surface area contributed by atoms with Crippen molar-refractivity contribution in [2.45, 2.75) is 40.6 Å². The van der Waals surface area contributed by atoms with Crippen molar-refractivity contribution in [3.05, 3.63) is 63.7 Å². The lowest BCUT2D eigenvalue weighted by Gasteiger charge is -2.50. The van der Waals surface area contributed by atoms with Crippen LogP contribution in [-0.4, -0.2) is 93.3 Å². The number of nitrogens with zero attached hydrogens (tertiary/aromatic N) is 4. The van der Waals surface area contributed by atoms with Gasteiger partial charge >= 0.3 is 17.6 Å². The number of benzene rings is 1. The molecule has 2 aliphatic heterocycles. The third-order valence-electron chi connectivity index (χ3n) is 6.70. The maximum atomic E-state index is 13.2. The average molecular weight is 617 g/mol. The zero-order valence-corrected chi connectivity index (χ0v) is 23.4. The van der Waals surface area contributed by atoms with Gasteiger partial charge in [0.05, 0.1) is 7.11 Å². The van der Waals surface area contributed by atoms with E-state index in [0.29, 0.717) is 10.6 Å². The Hall–Kier alpha value is -4.35. The maximum Gasteiger partial charge on any atom is 0.364 e. The van der Waals surface area contributed by atoms with Crippen LogP contribution in [-0.2, 0) is 19.2 Å². The number of aliphatic hydroxyl groups is 1. The number of ether oxygens (including phenoxy) is 1. The minimum atomic E-state index is -1.63. The van der Waals surface area contributed by atoms with Crippen molar-refractivity contribution in [2.24, 2.45) is 0 Å². The van der Waals surface area contributed by atoms with E-state index in [2.05, 4.69) is 20.6 Å². The van der Waals surface area contributed by atoms with Crippen molar-refractivity contribution in [3.63, 3.8) is 0 Å². The number of aromatic nitrogens is 4. The number of amides is 2. The van der Waals surface area contributed by atoms with Gasteiger partial charge in [0.2, 0.25) is 0 Å². The van der Waals surface area contributed by atoms with E-state index in [1.54, 1.807) is 24.3 Å². The van der Waals surface area contributed by atoms with Crippen LogP contribution in [0.2, 0.25) is 0 Å². The van der Waals surface area contributed by atoms with Gasteiger partial charge in [-0.2, -0.15) is 14.7 Å². The van der Waals surface area contributed by atoms with Crippen LogP contribution in [0.5, 0.6) is 5.75 Å². The lowest BCUT2D eigenvalue weighted by atomic mass is 9.99. The van der Waals surface area contributed by atoms with E-state index < -0.39 is 52.2 Å². The molecule has 17 heteroatoms. The number of nitrogens with one attached hydrogen (secondary N) is 2. The molecule has 3 unspecified atom stereocenters. The Morgan fingerprint density at radius 1 is 1.21 bits per heavy atom. The number of carboxylic acids is 2. The second-order valence-corrected chi connectivity index (χ2v) is 11.6. The quantitative estimate of drug-likeness (QED) is 0.144. The summed E-state index contributed by atoms with van der Waals surface area (Å²) in [6, 6.07) is 8.38. The van der Waals surface area contributed by atoms with Crippen LogP contribution in [0.4, 0.5) is 0 Å². The Morgan fingerprint density at radius 3 is 2.69 bits per heavy atom. The largest absolute Gasteiger partial charge is 0.496 e. The summed E-state index contributed by atoms with van der Waals surface area (Å²) < 4.78 is 6.22. The number of hydrogen-bond acceptors (Lipinski definition) is 11. The summed E-state index contributed by atoms with van der Waals surface area (Å²) in [5.74, 6) is -3.62. The van der Waals surface area contributed by atoms with Gasteiger partial charge in [0, 0.05) is 23.0 Å². The average Bonchev–Trinajstić information content (AvgIpc) is 3.36. The number of thioether (sulfide) groups is 2. The van der Waals surface area contributed by atoms with E-state index in [1.807, 2.05) is 0 Å². The third kappa shape index (κ3) is 5.45. The van der Waals surface area contributed by atoms with Crippen LogP contribution in [0.15, 0.2) is 57.5 Å². The molecule has 4 atom stereocenters. The molecule has 2 aromatic heterocycles. The van der Waals surface area contributed by atoms with E-state index >= 15 is 0 Å². The molecule has 1 saturated heterocycles. The fraction of sp³-hybridized carbons (Fsp3) is 0.320. The van der Waals surface area contributed by atoms with Crippen LogP contribution in [0, 0.1) is 0 Å². The molecule has 2 amide bonds. The van der Waals surface area contributed by atoms with Gasteiger partial charge < -0.3 is 25.4 Å². The highest BCUT2D eigenvalue weighted by molar-refractivity contribution is 8.01. The molecular weight excluding hydrogens is 592 g/mol. The van der Waals surface area contributed by atoms with Crippen LogP contribution >= 0.6 is 23.5 Å². The van der Waals surface area contributed by atoms with Crippen molar-refractivity contribution in [1.29, 1.82) is 0 Å². The summed E-state index contributed by atoms with van der Waals surface area (Å²) in [6.07, 6.45) is -1.90. The van der Waals surface area contributed by atoms with Crippen LogP contribution < -0.4 is 15.7 Å². The summed E-state index contributed by atoms with van der Waals surface area (Å²) in [5.41, 5.74) is -0.102. The second kappa shape index (κ2) is 11.9. The summed E-state index contributed by atoms with van der Waals surface area (Å²) >= 11 is 2.27. The maximum absolute atomic E-state index is 13.2. The van der Waals surface area contributed by atoms with E-state index in [4.69, 9.17) is 4.74 Å². The van der Waals surface area contributed by atoms with E-state index in [0.717, 1.165) is 21.2 Å². The van der Waals surface area contributed by atoms with Crippen molar-refractivity contribution in [3.8, 4) is 5.75 Å². The number of aliphatic carboxylic acids is 2. The number of carboxylic acid groups (broad SMARTS) is 2. The molecule has 2 aliphatic rings. The molecule has 4 heterocycles. The van der Waals surface area contributed by atoms with Gasteiger partial charge in [-0.15, -0.1) is 11.8 Å². The van der Waals surface area contributed by atoms with Crippen molar-refractivity contribution >= 4 is 52.9 Å². The molecule has 42 heavy (non-hydrogen) atoms. The first-order valence-electron chi connectivity index (χ1n) is 12.5. The number of hydrogen-bond donors (Lipinski definition) is 5. The van der Waals surface area contributed by atoms with Gasteiger partial charge in [-0.25, -0.2) is 14.7 Å². The van der Waals surface area contributed by atoms with Crippen molar-refractivity contribution in [1.82, 2.24) is 30.0 Å². The molecule has 15 nitrogen and oxygen atoms in total. The molecule has 3 aromatic rings. The van der Waals surface area contributed by atoms with E-state index in [1.165, 1.54) is 31.0 Å². The Kier molecular flexibility index (Phi) is 8.24. The Labute approximate surface area is 244 Å². The van der Waals surface area contributed by atoms with Gasteiger partial charge in [0.1, 0.15) is 27.9 Å². The fourth-order valence-corrected chi connectivity index (χ4v) is 7.38. The zero-order chi connectivity index (χ0) is 30.1. The molecule has 0 spiro atoms. The number of carbonyl (C=O) groups excluding carboxylic acids is 2. The number of methoxy groups -OCH3 is 1. The minimum absolute atomic E-state index is 0.0185. The first-order valence-corrected chi connectivity index (χ1v) is 14.4. The standard InChI is InChI=1S/C25H24N6O9S2/c1-40-13-5-3-2-4-11(13)20(34)21(35)26-18-22(36)30-19(24(37)38)12(10-41-23(18)30)14(6-9-17(32)33)42-16-8-7-15-27-28-25(39)31(15)29-16/h2-5,7-8,14,18,20,23,34H,6,9-10H2,1H3,(H,26,35)(H,28,39)(H,32,33)(H,37,38)/t14?,18?,20?,23-/m0/s1. The van der Waals surface area contributed by atoms with E-state index in [9.17, 15) is 39.3 Å². The molecular formula is C25H24N6O9S2. The van der Waals surface area contributed by atoms with Crippen molar-refractivity contribution in [2.75, 3.05) is 12.9 Å². The molecule has 1 fully saturated rings. The summed E-state index contributed by atoms with van der Waals surface area (Å²) in [7, 11) is 1.39. The smallest absolute Gasteiger partial charge is 0.364 e. The number of H-pyrrole nitrogens is 1. The fourth-order valence-electron chi connectivity index (χ4n) is 4.71. The molecule has 0 bridgehead atoms. The number of para-hydroxylation sites is 1. The van der Waals surface area contributed by atoms with Gasteiger partial charge in [-0.05, 0) is 30.2 Å². The summed E-state index contributed by atoms with van der Waals surface area (Å²) in [5, 5.41) is 41.7. The van der Waals surface area contributed by atoms with Gasteiger partial charge in [-0.1, -0.05) is 30.0 Å². The highest BCUT2D eigenvalue weighted by atomic mass is 32.2. The second-order valence-electron chi connectivity index (χ2n) is 9.23. The first-order chi connectivity index (χ1) is 20.1. The molecule has 0 aliphatic carbocycles. The number of aliphatic hydroxyl groups excluding tert-OH is 1. The number of β-lactam (4-membered cyclic amide) rings is 1. The number of aromatic amines is 1. The minimum Gasteiger partial charge on any atom is -0.496 e. The highest BCUT2D eigenvalue weighted by Crippen LogP contribution is 2.45. The predicted molar refractivity (Wildman–Crippen MR) is 148 cm³/mol. The van der Waals surface area contributed by atoms with Gasteiger partial charge in [-0.3, -0.25) is 19.3 Å². The van der Waals surface area contributed by atoms with Crippen LogP contribution in [0.25, 0.3) is 5.65 Å². The molecule has 0 saturated carbocycles. The summed E-state index contributed by atoms with van der Waals surface area (Å²) in [4.78, 5) is 63.0. The van der Waals surface area contributed by atoms with Crippen LogP contribution in [0.3, 0.4) is 0 Å². The zero-order valence-electron chi connectivity index (χ0n) is 21.8. The van der Waals surface area contributed by atoms with Gasteiger partial charge in [0.25, 0.3) is 11.8 Å². The summed E-state index contributed by atoms with van der Waals surface area (Å²) in [6.45, 7) is 0. The van der Waals surface area contributed by atoms with Crippen LogP contribution in [0.1, 0.15) is 24.5 Å². The Morgan fingerprint density at radius 2 is 1.98 bits per heavy atom. The van der Waals surface area contributed by atoms with E-state index in [-0.39, 0.29) is 41.3 Å². The lowest BCUT2D eigenvalue weighted by molar-refractivity contribution is -0.151. The number of rotatable bonds is 11. The molecule has 220 valence electrons. The monoisotopic (exact) mass is 616 g/mol. The highest BCUT2D eigenvalue weighted by Gasteiger charge is 2.55. The van der Waals surface area contributed by atoms with Crippen molar-refractivity contribution < 1.29 is 39.2 Å². The molecule has 5 N–H and O–H groups in total. The molecule has 0 radical (unpaired) electrons. The number of fused-ring (bicyclic) bond motifs is 2.